The normalized spacial score (nSPS) is 24.8. The summed E-state index contributed by atoms with van der Waals surface area (Å²) in [7, 11) is 0. The minimum atomic E-state index is -1.36. The molecule has 0 aromatic carbocycles. The molecule has 0 saturated carbocycles. The third-order valence-electron chi connectivity index (χ3n) is 2.54. The molecule has 16 heavy (non-hydrogen) atoms. The summed E-state index contributed by atoms with van der Waals surface area (Å²) in [5.41, 5.74) is 0.0174. The van der Waals surface area contributed by atoms with Crippen molar-refractivity contribution in [3.63, 3.8) is 0 Å². The molecule has 0 amide bonds. The summed E-state index contributed by atoms with van der Waals surface area (Å²) < 4.78 is 13.1. The van der Waals surface area contributed by atoms with Gasteiger partial charge in [0.05, 0.1) is 6.54 Å². The SMILES string of the molecule is O=C(O)c1cccnc1N1C[C@@H](O)[C@H](F)C1. The van der Waals surface area contributed by atoms with Gasteiger partial charge in [-0.2, -0.15) is 0 Å². The molecule has 2 heterocycles. The van der Waals surface area contributed by atoms with Gasteiger partial charge >= 0.3 is 5.97 Å². The molecular formula is C10H11FN2O3. The summed E-state index contributed by atoms with van der Waals surface area (Å²) in [5.74, 6) is -0.908. The molecule has 1 fully saturated rings. The number of carboxylic acids is 1. The predicted molar refractivity (Wildman–Crippen MR) is 54.3 cm³/mol. The van der Waals surface area contributed by atoms with Crippen molar-refractivity contribution in [2.45, 2.75) is 12.3 Å². The highest BCUT2D eigenvalue weighted by Crippen LogP contribution is 2.23. The molecule has 6 heteroatoms. The molecule has 0 bridgehead atoms. The lowest BCUT2D eigenvalue weighted by molar-refractivity contribution is 0.0697. The summed E-state index contributed by atoms with van der Waals surface area (Å²) in [6.45, 7) is 0.0386. The Balaban J connectivity index is 2.31. The number of pyridine rings is 1. The van der Waals surface area contributed by atoms with E-state index in [1.165, 1.54) is 23.2 Å². The van der Waals surface area contributed by atoms with Crippen molar-refractivity contribution in [1.29, 1.82) is 0 Å². The number of β-amino-alcohol motifs (C(OH)–C–C–N with tert-alkyl or cyclic N) is 1. The number of rotatable bonds is 2. The molecule has 86 valence electrons. The van der Waals surface area contributed by atoms with Crippen molar-refractivity contribution in [1.82, 2.24) is 4.98 Å². The molecule has 5 nitrogen and oxygen atoms in total. The lowest BCUT2D eigenvalue weighted by Gasteiger charge is -2.17. The molecule has 2 atom stereocenters. The van der Waals surface area contributed by atoms with E-state index in [1.54, 1.807) is 0 Å². The van der Waals surface area contributed by atoms with E-state index in [0.717, 1.165) is 0 Å². The third-order valence-corrected chi connectivity index (χ3v) is 2.54. The molecule has 2 N–H and O–H groups in total. The topological polar surface area (TPSA) is 73.7 Å². The van der Waals surface area contributed by atoms with Crippen LogP contribution in [0.25, 0.3) is 0 Å². The Morgan fingerprint density at radius 2 is 2.31 bits per heavy atom. The molecule has 0 aliphatic carbocycles. The number of aromatic carboxylic acids is 1. The van der Waals surface area contributed by atoms with Gasteiger partial charge in [-0.15, -0.1) is 0 Å². The first-order chi connectivity index (χ1) is 7.59. The van der Waals surface area contributed by atoms with Crippen molar-refractivity contribution in [2.24, 2.45) is 0 Å². The van der Waals surface area contributed by atoms with Crippen LogP contribution < -0.4 is 4.90 Å². The highest BCUT2D eigenvalue weighted by Gasteiger charge is 2.33. The van der Waals surface area contributed by atoms with Gasteiger partial charge in [0.2, 0.25) is 0 Å². The molecule has 1 aliphatic rings. The predicted octanol–water partition coefficient (Wildman–Crippen LogP) is 0.299. The largest absolute Gasteiger partial charge is 0.478 e. The van der Waals surface area contributed by atoms with Crippen LogP contribution >= 0.6 is 0 Å². The first-order valence-electron chi connectivity index (χ1n) is 4.85. The van der Waals surface area contributed by atoms with E-state index in [1.807, 2.05) is 0 Å². The molecule has 0 radical (unpaired) electrons. The minimum Gasteiger partial charge on any atom is -0.478 e. The van der Waals surface area contributed by atoms with E-state index in [0.29, 0.717) is 0 Å². The van der Waals surface area contributed by atoms with Crippen molar-refractivity contribution < 1.29 is 19.4 Å². The van der Waals surface area contributed by atoms with E-state index in [9.17, 15) is 14.3 Å². The number of anilines is 1. The van der Waals surface area contributed by atoms with Gasteiger partial charge in [0.15, 0.2) is 0 Å². The zero-order valence-electron chi connectivity index (χ0n) is 8.38. The summed E-state index contributed by atoms with van der Waals surface area (Å²) in [6.07, 6.45) is -0.994. The quantitative estimate of drug-likeness (QED) is 0.758. The van der Waals surface area contributed by atoms with Gasteiger partial charge in [-0.1, -0.05) is 0 Å². The second-order valence-electron chi connectivity index (χ2n) is 3.67. The van der Waals surface area contributed by atoms with Crippen LogP contribution in [0, 0.1) is 0 Å². The summed E-state index contributed by atoms with van der Waals surface area (Å²) in [4.78, 5) is 16.3. The maximum atomic E-state index is 13.1. The maximum absolute atomic E-state index is 13.1. The van der Waals surface area contributed by atoms with E-state index in [-0.39, 0.29) is 24.5 Å². The number of carboxylic acid groups (broad SMARTS) is 1. The van der Waals surface area contributed by atoms with Crippen LogP contribution in [0.4, 0.5) is 10.2 Å². The number of hydrogen-bond acceptors (Lipinski definition) is 4. The first-order valence-corrected chi connectivity index (χ1v) is 4.85. The Hall–Kier alpha value is -1.69. The van der Waals surface area contributed by atoms with Crippen molar-refractivity contribution >= 4 is 11.8 Å². The van der Waals surface area contributed by atoms with E-state index in [2.05, 4.69) is 4.98 Å². The number of alkyl halides is 1. The third kappa shape index (κ3) is 1.83. The number of aliphatic hydroxyl groups excluding tert-OH is 1. The van der Waals surface area contributed by atoms with Gasteiger partial charge in [0.1, 0.15) is 23.7 Å². The van der Waals surface area contributed by atoms with E-state index < -0.39 is 18.2 Å². The van der Waals surface area contributed by atoms with Gasteiger partial charge in [-0.3, -0.25) is 0 Å². The molecule has 2 rings (SSSR count). The molecule has 0 spiro atoms. The Bertz CT molecular complexity index is 403. The lowest BCUT2D eigenvalue weighted by atomic mass is 10.2. The zero-order valence-corrected chi connectivity index (χ0v) is 8.38. The van der Waals surface area contributed by atoms with Crippen molar-refractivity contribution in [3.05, 3.63) is 23.9 Å². The molecule has 1 aliphatic heterocycles. The van der Waals surface area contributed by atoms with Crippen LogP contribution in [0.15, 0.2) is 18.3 Å². The molecule has 1 aromatic rings. The van der Waals surface area contributed by atoms with Gasteiger partial charge in [0, 0.05) is 12.7 Å². The van der Waals surface area contributed by atoms with Crippen LogP contribution in [0.2, 0.25) is 0 Å². The number of aromatic nitrogens is 1. The van der Waals surface area contributed by atoms with E-state index in [4.69, 9.17) is 5.11 Å². The zero-order chi connectivity index (χ0) is 11.7. The Morgan fingerprint density at radius 3 is 2.88 bits per heavy atom. The maximum Gasteiger partial charge on any atom is 0.339 e. The highest BCUT2D eigenvalue weighted by atomic mass is 19.1. The second-order valence-corrected chi connectivity index (χ2v) is 3.67. The average Bonchev–Trinajstić information content (AvgIpc) is 2.59. The first kappa shape index (κ1) is 10.8. The monoisotopic (exact) mass is 226 g/mol. The number of nitrogens with zero attached hydrogens (tertiary/aromatic N) is 2. The van der Waals surface area contributed by atoms with Crippen LogP contribution in [0.5, 0.6) is 0 Å². The minimum absolute atomic E-state index is 0.0174. The van der Waals surface area contributed by atoms with Gasteiger partial charge in [0.25, 0.3) is 0 Å². The smallest absolute Gasteiger partial charge is 0.339 e. The standard InChI is InChI=1S/C10H11FN2O3/c11-7-4-13(5-8(7)14)9-6(10(15)16)2-1-3-12-9/h1-3,7-8,14H,4-5H2,(H,15,16)/t7-,8-/m1/s1. The van der Waals surface area contributed by atoms with Gasteiger partial charge in [-0.05, 0) is 12.1 Å². The fraction of sp³-hybridized carbons (Fsp3) is 0.400. The highest BCUT2D eigenvalue weighted by molar-refractivity contribution is 5.93. The molecular weight excluding hydrogens is 215 g/mol. The van der Waals surface area contributed by atoms with Crippen molar-refractivity contribution in [2.75, 3.05) is 18.0 Å². The number of halogens is 1. The number of aliphatic hydroxyl groups is 1. The average molecular weight is 226 g/mol. The van der Waals surface area contributed by atoms with Crippen LogP contribution in [-0.2, 0) is 0 Å². The van der Waals surface area contributed by atoms with Crippen LogP contribution in [-0.4, -0.2) is 46.5 Å². The van der Waals surface area contributed by atoms with E-state index >= 15 is 0 Å². The number of hydrogen-bond donors (Lipinski definition) is 2. The molecule has 1 saturated heterocycles. The summed E-state index contributed by atoms with van der Waals surface area (Å²) in [6, 6.07) is 2.91. The Labute approximate surface area is 91.1 Å². The van der Waals surface area contributed by atoms with Crippen molar-refractivity contribution in [3.8, 4) is 0 Å². The number of carbonyl (C=O) groups is 1. The van der Waals surface area contributed by atoms with Gasteiger partial charge in [-0.25, -0.2) is 14.2 Å². The fourth-order valence-corrected chi connectivity index (χ4v) is 1.74. The Morgan fingerprint density at radius 1 is 1.56 bits per heavy atom. The lowest BCUT2D eigenvalue weighted by Crippen LogP contribution is -2.24. The second kappa shape index (κ2) is 4.05. The summed E-state index contributed by atoms with van der Waals surface area (Å²) >= 11 is 0. The Kier molecular flexibility index (Phi) is 2.74. The molecule has 0 unspecified atom stereocenters. The van der Waals surface area contributed by atoms with Crippen LogP contribution in [0.3, 0.4) is 0 Å². The molecule has 1 aromatic heterocycles. The van der Waals surface area contributed by atoms with Gasteiger partial charge < -0.3 is 15.1 Å². The fourth-order valence-electron chi connectivity index (χ4n) is 1.74. The summed E-state index contributed by atoms with van der Waals surface area (Å²) in [5, 5.41) is 18.2. The van der Waals surface area contributed by atoms with Crippen LogP contribution in [0.1, 0.15) is 10.4 Å².